The molecule has 0 aromatic carbocycles. The minimum Gasteiger partial charge on any atom is -0.389 e. The third kappa shape index (κ3) is 2.80. The largest absolute Gasteiger partial charge is 0.389 e. The number of nitrogens with zero attached hydrogens (tertiary/aromatic N) is 2. The average molecular weight is 349 g/mol. The molecule has 2 aromatic heterocycles. The second-order valence-electron chi connectivity index (χ2n) is 4.16. The molecule has 0 amide bonds. The first kappa shape index (κ1) is 12.0. The van der Waals surface area contributed by atoms with Gasteiger partial charge in [0.25, 0.3) is 0 Å². The number of fused-ring (bicyclic) bond motifs is 1. The molecule has 0 aliphatic rings. The highest BCUT2D eigenvalue weighted by Gasteiger charge is 2.14. The Labute approximate surface area is 111 Å². The van der Waals surface area contributed by atoms with Gasteiger partial charge in [0.1, 0.15) is 17.0 Å². The van der Waals surface area contributed by atoms with Crippen LogP contribution in [0.25, 0.3) is 10.2 Å². The second-order valence-corrected chi connectivity index (χ2v) is 7.08. The van der Waals surface area contributed by atoms with Crippen molar-refractivity contribution >= 4 is 50.0 Å². The number of hydrogen-bond acceptors (Lipinski definition) is 5. The van der Waals surface area contributed by atoms with Crippen LogP contribution in [0.2, 0.25) is 0 Å². The van der Waals surface area contributed by atoms with Crippen molar-refractivity contribution in [2.75, 3.05) is 11.9 Å². The lowest BCUT2D eigenvalue weighted by Gasteiger charge is -2.18. The van der Waals surface area contributed by atoms with Gasteiger partial charge in [0.2, 0.25) is 0 Å². The van der Waals surface area contributed by atoms with E-state index in [4.69, 9.17) is 0 Å². The quantitative estimate of drug-likeness (QED) is 0.836. The number of aliphatic hydroxyl groups is 1. The van der Waals surface area contributed by atoms with Crippen LogP contribution in [0.3, 0.4) is 0 Å². The van der Waals surface area contributed by atoms with E-state index in [1.807, 2.05) is 6.07 Å². The summed E-state index contributed by atoms with van der Waals surface area (Å²) in [5, 5.41) is 13.8. The molecular weight excluding hydrogens is 337 g/mol. The number of aromatic nitrogens is 2. The van der Waals surface area contributed by atoms with Crippen LogP contribution < -0.4 is 5.32 Å². The van der Waals surface area contributed by atoms with Crippen LogP contribution in [-0.4, -0.2) is 27.2 Å². The van der Waals surface area contributed by atoms with E-state index in [1.165, 1.54) is 2.88 Å². The second kappa shape index (κ2) is 4.42. The molecule has 0 unspecified atom stereocenters. The molecule has 0 atom stereocenters. The molecule has 16 heavy (non-hydrogen) atoms. The summed E-state index contributed by atoms with van der Waals surface area (Å²) in [7, 11) is 0. The lowest BCUT2D eigenvalue weighted by molar-refractivity contribution is 0.0944. The Morgan fingerprint density at radius 3 is 2.94 bits per heavy atom. The van der Waals surface area contributed by atoms with Crippen molar-refractivity contribution in [2.45, 2.75) is 19.4 Å². The number of hydrogen-bond donors (Lipinski definition) is 2. The van der Waals surface area contributed by atoms with Gasteiger partial charge in [-0.1, -0.05) is 0 Å². The minimum atomic E-state index is -0.750. The highest BCUT2D eigenvalue weighted by molar-refractivity contribution is 14.1. The van der Waals surface area contributed by atoms with Crippen LogP contribution in [-0.2, 0) is 0 Å². The van der Waals surface area contributed by atoms with E-state index in [-0.39, 0.29) is 0 Å². The van der Waals surface area contributed by atoms with Gasteiger partial charge < -0.3 is 10.4 Å². The Balaban J connectivity index is 2.30. The maximum absolute atomic E-state index is 9.65. The third-order valence-corrected chi connectivity index (χ3v) is 3.79. The third-order valence-electron chi connectivity index (χ3n) is 1.99. The van der Waals surface area contributed by atoms with E-state index in [2.05, 4.69) is 37.9 Å². The molecule has 0 bridgehead atoms. The fraction of sp³-hybridized carbons (Fsp3) is 0.400. The van der Waals surface area contributed by atoms with Crippen molar-refractivity contribution in [3.05, 3.63) is 15.3 Å². The lowest BCUT2D eigenvalue weighted by Crippen LogP contribution is -2.29. The molecule has 0 aliphatic carbocycles. The lowest BCUT2D eigenvalue weighted by atomic mass is 10.1. The molecule has 2 rings (SSSR count). The molecule has 4 nitrogen and oxygen atoms in total. The van der Waals surface area contributed by atoms with Crippen LogP contribution >= 0.6 is 33.9 Å². The highest BCUT2D eigenvalue weighted by Crippen LogP contribution is 2.28. The van der Waals surface area contributed by atoms with E-state index in [1.54, 1.807) is 31.5 Å². The van der Waals surface area contributed by atoms with Gasteiger partial charge in [-0.2, -0.15) is 0 Å². The van der Waals surface area contributed by atoms with Crippen molar-refractivity contribution < 1.29 is 5.11 Å². The highest BCUT2D eigenvalue weighted by atomic mass is 127. The van der Waals surface area contributed by atoms with Gasteiger partial charge in [-0.25, -0.2) is 9.97 Å². The Hall–Kier alpha value is -0.470. The zero-order valence-corrected chi connectivity index (χ0v) is 12.0. The Morgan fingerprint density at radius 2 is 2.25 bits per heavy atom. The predicted molar refractivity (Wildman–Crippen MR) is 74.9 cm³/mol. The van der Waals surface area contributed by atoms with E-state index in [9.17, 15) is 5.11 Å². The van der Waals surface area contributed by atoms with Crippen LogP contribution in [0.15, 0.2) is 12.4 Å². The van der Waals surface area contributed by atoms with Crippen LogP contribution in [0, 0.1) is 2.88 Å². The van der Waals surface area contributed by atoms with Crippen molar-refractivity contribution in [1.29, 1.82) is 0 Å². The van der Waals surface area contributed by atoms with Gasteiger partial charge >= 0.3 is 0 Å². The van der Waals surface area contributed by atoms with Crippen molar-refractivity contribution in [1.82, 2.24) is 9.97 Å². The molecule has 0 spiro atoms. The van der Waals surface area contributed by atoms with Gasteiger partial charge in [0, 0.05) is 6.54 Å². The van der Waals surface area contributed by atoms with Gasteiger partial charge in [-0.05, 0) is 42.5 Å². The zero-order valence-electron chi connectivity index (χ0n) is 8.99. The first-order chi connectivity index (χ1) is 7.46. The normalized spacial score (nSPS) is 12.0. The standard InChI is InChI=1S/C10H12IN3OS/c1-10(2,15)4-12-8-6-3-7(11)16-9(6)14-5-13-8/h3,5,15H,4H2,1-2H3,(H,12,13,14). The Kier molecular flexibility index (Phi) is 3.32. The monoisotopic (exact) mass is 349 g/mol. The molecule has 0 saturated heterocycles. The zero-order chi connectivity index (χ0) is 11.8. The maximum Gasteiger partial charge on any atom is 0.138 e. The molecule has 2 heterocycles. The van der Waals surface area contributed by atoms with Crippen molar-refractivity contribution in [2.24, 2.45) is 0 Å². The summed E-state index contributed by atoms with van der Waals surface area (Å²) < 4.78 is 1.18. The maximum atomic E-state index is 9.65. The van der Waals surface area contributed by atoms with E-state index < -0.39 is 5.60 Å². The van der Waals surface area contributed by atoms with Crippen LogP contribution in [0.1, 0.15) is 13.8 Å². The summed E-state index contributed by atoms with van der Waals surface area (Å²) in [6.07, 6.45) is 1.54. The van der Waals surface area contributed by atoms with Gasteiger partial charge in [0.05, 0.1) is 13.9 Å². The molecule has 0 aliphatic heterocycles. The minimum absolute atomic E-state index is 0.464. The summed E-state index contributed by atoms with van der Waals surface area (Å²) in [4.78, 5) is 9.37. The molecule has 0 saturated carbocycles. The number of anilines is 1. The molecule has 86 valence electrons. The van der Waals surface area contributed by atoms with E-state index in [0.717, 1.165) is 16.0 Å². The molecule has 2 aromatic rings. The van der Waals surface area contributed by atoms with Crippen LogP contribution in [0.4, 0.5) is 5.82 Å². The average Bonchev–Trinajstić information content (AvgIpc) is 2.54. The Bertz CT molecular complexity index is 506. The fourth-order valence-electron chi connectivity index (χ4n) is 1.27. The summed E-state index contributed by atoms with van der Waals surface area (Å²) >= 11 is 3.90. The summed E-state index contributed by atoms with van der Waals surface area (Å²) in [5.74, 6) is 0.784. The summed E-state index contributed by atoms with van der Waals surface area (Å²) in [6.45, 7) is 3.98. The van der Waals surface area contributed by atoms with E-state index >= 15 is 0 Å². The molecule has 2 N–H and O–H groups in total. The number of halogens is 1. The summed E-state index contributed by atoms with van der Waals surface area (Å²) in [6, 6.07) is 2.05. The topological polar surface area (TPSA) is 58.0 Å². The van der Waals surface area contributed by atoms with Crippen molar-refractivity contribution in [3.8, 4) is 0 Å². The van der Waals surface area contributed by atoms with Gasteiger partial charge in [-0.3, -0.25) is 0 Å². The molecular formula is C10H12IN3OS. The first-order valence-corrected chi connectivity index (χ1v) is 6.71. The van der Waals surface area contributed by atoms with Gasteiger partial charge in [-0.15, -0.1) is 11.3 Å². The number of rotatable bonds is 3. The molecule has 0 fully saturated rings. The fourth-order valence-corrected chi connectivity index (χ4v) is 2.93. The predicted octanol–water partition coefficient (Wildman–Crippen LogP) is 2.48. The van der Waals surface area contributed by atoms with E-state index in [0.29, 0.717) is 6.54 Å². The number of nitrogens with one attached hydrogen (secondary N) is 1. The Morgan fingerprint density at radius 1 is 1.50 bits per heavy atom. The number of thiophene rings is 1. The summed E-state index contributed by atoms with van der Waals surface area (Å²) in [5.41, 5.74) is -0.750. The van der Waals surface area contributed by atoms with Crippen LogP contribution in [0.5, 0.6) is 0 Å². The molecule has 0 radical (unpaired) electrons. The molecule has 6 heteroatoms. The van der Waals surface area contributed by atoms with Crippen molar-refractivity contribution in [3.63, 3.8) is 0 Å². The SMILES string of the molecule is CC(C)(O)CNc1ncnc2sc(I)cc12. The first-order valence-electron chi connectivity index (χ1n) is 4.82. The van der Waals surface area contributed by atoms with Gasteiger partial charge in [0.15, 0.2) is 0 Å². The smallest absolute Gasteiger partial charge is 0.138 e.